The van der Waals surface area contributed by atoms with Gasteiger partial charge in [-0.05, 0) is 17.5 Å². The maximum Gasteiger partial charge on any atom is 0.0726 e. The van der Waals surface area contributed by atoms with Gasteiger partial charge in [-0.3, -0.25) is 4.68 Å². The first-order valence-electron chi connectivity index (χ1n) is 6.35. The van der Waals surface area contributed by atoms with Crippen LogP contribution in [0.15, 0.2) is 42.7 Å². The van der Waals surface area contributed by atoms with Gasteiger partial charge in [0.15, 0.2) is 0 Å². The van der Waals surface area contributed by atoms with Gasteiger partial charge in [-0.2, -0.15) is 5.10 Å². The highest BCUT2D eigenvalue weighted by Gasteiger charge is 2.26. The summed E-state index contributed by atoms with van der Waals surface area (Å²) in [6.07, 6.45) is 5.85. The van der Waals surface area contributed by atoms with Crippen molar-refractivity contribution in [1.82, 2.24) is 9.78 Å². The van der Waals surface area contributed by atoms with Crippen LogP contribution in [0.4, 0.5) is 0 Å². The lowest BCUT2D eigenvalue weighted by molar-refractivity contribution is 0.0368. The molecule has 0 spiro atoms. The van der Waals surface area contributed by atoms with Crippen molar-refractivity contribution in [2.75, 3.05) is 0 Å². The van der Waals surface area contributed by atoms with Crippen LogP contribution in [0.2, 0.25) is 0 Å². The second-order valence-electron chi connectivity index (χ2n) is 4.94. The summed E-state index contributed by atoms with van der Waals surface area (Å²) < 4.78 is 1.77. The van der Waals surface area contributed by atoms with Crippen molar-refractivity contribution in [2.24, 2.45) is 7.05 Å². The van der Waals surface area contributed by atoms with Gasteiger partial charge in [0, 0.05) is 26.1 Å². The van der Waals surface area contributed by atoms with Crippen LogP contribution < -0.4 is 0 Å². The van der Waals surface area contributed by atoms with Crippen LogP contribution in [0, 0.1) is 0 Å². The van der Waals surface area contributed by atoms with Crippen molar-refractivity contribution in [3.63, 3.8) is 0 Å². The largest absolute Gasteiger partial charge is 0.389 e. The summed E-state index contributed by atoms with van der Waals surface area (Å²) in [6, 6.07) is 10.1. The lowest BCUT2D eigenvalue weighted by Gasteiger charge is -2.26. The highest BCUT2D eigenvalue weighted by molar-refractivity contribution is 5.19. The fourth-order valence-corrected chi connectivity index (χ4v) is 2.23. The van der Waals surface area contributed by atoms with Crippen LogP contribution in [0.25, 0.3) is 0 Å². The van der Waals surface area contributed by atoms with E-state index in [0.717, 1.165) is 12.0 Å². The topological polar surface area (TPSA) is 38.1 Å². The quantitative estimate of drug-likeness (QED) is 0.876. The molecule has 2 rings (SSSR count). The van der Waals surface area contributed by atoms with Crippen LogP contribution >= 0.6 is 0 Å². The summed E-state index contributed by atoms with van der Waals surface area (Å²) >= 11 is 0. The van der Waals surface area contributed by atoms with E-state index in [1.54, 1.807) is 4.68 Å². The minimum Gasteiger partial charge on any atom is -0.389 e. The zero-order valence-corrected chi connectivity index (χ0v) is 11.0. The van der Waals surface area contributed by atoms with E-state index in [2.05, 4.69) is 17.2 Å². The van der Waals surface area contributed by atoms with Crippen LogP contribution in [0.3, 0.4) is 0 Å². The second kappa shape index (κ2) is 5.36. The summed E-state index contributed by atoms with van der Waals surface area (Å²) in [5, 5.41) is 14.8. The molecule has 96 valence electrons. The molecular formula is C15H20N2O. The van der Waals surface area contributed by atoms with Gasteiger partial charge < -0.3 is 5.11 Å². The number of aryl methyl sites for hydroxylation is 1. The van der Waals surface area contributed by atoms with E-state index < -0.39 is 5.60 Å². The predicted molar refractivity (Wildman–Crippen MR) is 72.3 cm³/mol. The summed E-state index contributed by atoms with van der Waals surface area (Å²) in [5.41, 5.74) is 1.56. The van der Waals surface area contributed by atoms with Gasteiger partial charge in [-0.15, -0.1) is 0 Å². The third-order valence-electron chi connectivity index (χ3n) is 3.33. The molecule has 2 aromatic rings. The number of aromatic nitrogens is 2. The Hall–Kier alpha value is -1.61. The van der Waals surface area contributed by atoms with Crippen LogP contribution in [0.1, 0.15) is 24.5 Å². The third-order valence-corrected chi connectivity index (χ3v) is 3.33. The van der Waals surface area contributed by atoms with Crippen molar-refractivity contribution >= 4 is 0 Å². The predicted octanol–water partition coefficient (Wildman–Crippen LogP) is 2.35. The normalized spacial score (nSPS) is 14.4. The Bertz CT molecular complexity index is 492. The molecule has 0 aliphatic heterocycles. The number of nitrogens with zero attached hydrogens (tertiary/aromatic N) is 2. The molecule has 0 bridgehead atoms. The first kappa shape index (κ1) is 12.8. The molecule has 1 unspecified atom stereocenters. The molecule has 1 aromatic heterocycles. The SMILES string of the molecule is CCC(O)(Cc1ccccc1)Cc1cnn(C)c1. The molecule has 3 nitrogen and oxygen atoms in total. The minimum absolute atomic E-state index is 0.645. The fourth-order valence-electron chi connectivity index (χ4n) is 2.23. The molecular weight excluding hydrogens is 224 g/mol. The molecule has 3 heteroatoms. The third kappa shape index (κ3) is 3.20. The first-order chi connectivity index (χ1) is 8.61. The average molecular weight is 244 g/mol. The summed E-state index contributed by atoms with van der Waals surface area (Å²) in [4.78, 5) is 0. The van der Waals surface area contributed by atoms with E-state index in [1.807, 2.05) is 44.6 Å². The molecule has 0 saturated carbocycles. The summed E-state index contributed by atoms with van der Waals surface area (Å²) in [5.74, 6) is 0. The van der Waals surface area contributed by atoms with Crippen molar-refractivity contribution in [3.8, 4) is 0 Å². The van der Waals surface area contributed by atoms with Crippen molar-refractivity contribution in [2.45, 2.75) is 31.8 Å². The van der Waals surface area contributed by atoms with Crippen LogP contribution in [0.5, 0.6) is 0 Å². The van der Waals surface area contributed by atoms with Crippen molar-refractivity contribution in [3.05, 3.63) is 53.9 Å². The highest BCUT2D eigenvalue weighted by Crippen LogP contribution is 2.22. The molecule has 1 N–H and O–H groups in total. The zero-order chi connectivity index (χ0) is 13.0. The van der Waals surface area contributed by atoms with E-state index in [-0.39, 0.29) is 0 Å². The lowest BCUT2D eigenvalue weighted by atomic mass is 9.87. The van der Waals surface area contributed by atoms with Crippen LogP contribution in [-0.2, 0) is 19.9 Å². The monoisotopic (exact) mass is 244 g/mol. The molecule has 0 aliphatic carbocycles. The van der Waals surface area contributed by atoms with E-state index >= 15 is 0 Å². The van der Waals surface area contributed by atoms with Gasteiger partial charge in [-0.25, -0.2) is 0 Å². The Morgan fingerprint density at radius 1 is 1.17 bits per heavy atom. The van der Waals surface area contributed by atoms with Crippen molar-refractivity contribution in [1.29, 1.82) is 0 Å². The molecule has 1 heterocycles. The second-order valence-corrected chi connectivity index (χ2v) is 4.94. The smallest absolute Gasteiger partial charge is 0.0726 e. The van der Waals surface area contributed by atoms with E-state index in [0.29, 0.717) is 12.8 Å². The maximum atomic E-state index is 10.7. The Morgan fingerprint density at radius 2 is 1.83 bits per heavy atom. The van der Waals surface area contributed by atoms with Gasteiger partial charge in [0.05, 0.1) is 11.8 Å². The summed E-state index contributed by atoms with van der Waals surface area (Å²) in [7, 11) is 1.89. The van der Waals surface area contributed by atoms with Gasteiger partial charge in [-0.1, -0.05) is 37.3 Å². The number of aliphatic hydroxyl groups is 1. The molecule has 1 aromatic carbocycles. The van der Waals surface area contributed by atoms with E-state index in [9.17, 15) is 5.11 Å². The lowest BCUT2D eigenvalue weighted by Crippen LogP contribution is -2.33. The highest BCUT2D eigenvalue weighted by atomic mass is 16.3. The average Bonchev–Trinajstić information content (AvgIpc) is 2.75. The molecule has 0 saturated heterocycles. The number of benzene rings is 1. The zero-order valence-electron chi connectivity index (χ0n) is 11.0. The van der Waals surface area contributed by atoms with Gasteiger partial charge >= 0.3 is 0 Å². The fraction of sp³-hybridized carbons (Fsp3) is 0.400. The van der Waals surface area contributed by atoms with Gasteiger partial charge in [0.25, 0.3) is 0 Å². The summed E-state index contributed by atoms with van der Waals surface area (Å²) in [6.45, 7) is 2.03. The van der Waals surface area contributed by atoms with E-state index in [1.165, 1.54) is 5.56 Å². The van der Waals surface area contributed by atoms with E-state index in [4.69, 9.17) is 0 Å². The molecule has 0 amide bonds. The first-order valence-corrected chi connectivity index (χ1v) is 6.35. The Labute approximate surface area is 108 Å². The number of hydrogen-bond acceptors (Lipinski definition) is 2. The molecule has 0 radical (unpaired) electrons. The van der Waals surface area contributed by atoms with Gasteiger partial charge in [0.1, 0.15) is 0 Å². The number of hydrogen-bond donors (Lipinski definition) is 1. The van der Waals surface area contributed by atoms with Crippen molar-refractivity contribution < 1.29 is 5.11 Å². The minimum atomic E-state index is -0.690. The number of rotatable bonds is 5. The van der Waals surface area contributed by atoms with Gasteiger partial charge in [0.2, 0.25) is 0 Å². The Balaban J connectivity index is 2.10. The molecule has 1 atom stereocenters. The Morgan fingerprint density at radius 3 is 2.39 bits per heavy atom. The molecule has 0 aliphatic rings. The standard InChI is InChI=1S/C15H20N2O/c1-3-15(18,9-13-7-5-4-6-8-13)10-14-11-16-17(2)12-14/h4-8,11-12,18H,3,9-10H2,1-2H3. The Kier molecular flexibility index (Phi) is 3.82. The maximum absolute atomic E-state index is 10.7. The van der Waals surface area contributed by atoms with Crippen LogP contribution in [-0.4, -0.2) is 20.5 Å². The molecule has 0 fully saturated rings. The molecule has 18 heavy (non-hydrogen) atoms.